The van der Waals surface area contributed by atoms with Crippen molar-refractivity contribution in [2.75, 3.05) is 0 Å². The van der Waals surface area contributed by atoms with Crippen LogP contribution in [0.25, 0.3) is 165 Å². The largest absolute Gasteiger partial charge is 0.456 e. The first-order chi connectivity index (χ1) is 41.1. The summed E-state index contributed by atoms with van der Waals surface area (Å²) in [6.45, 7) is 0. The van der Waals surface area contributed by atoms with Crippen molar-refractivity contribution in [3.8, 4) is 56.1 Å². The summed E-state index contributed by atoms with van der Waals surface area (Å²) in [6.07, 6.45) is 1.90. The van der Waals surface area contributed by atoms with Crippen LogP contribution in [0.5, 0.6) is 0 Å². The molecule has 6 heteroatoms. The van der Waals surface area contributed by atoms with Crippen LogP contribution >= 0.6 is 0 Å². The third-order valence-electron chi connectivity index (χ3n) is 17.4. The number of nitrogens with zero attached hydrogens (tertiary/aromatic N) is 5. The van der Waals surface area contributed by atoms with Crippen LogP contribution in [0.3, 0.4) is 0 Å². The van der Waals surface area contributed by atoms with Gasteiger partial charge in [0, 0.05) is 77.4 Å². The van der Waals surface area contributed by atoms with Gasteiger partial charge in [-0.25, -0.2) is 0 Å². The van der Waals surface area contributed by atoms with E-state index in [1.807, 2.05) is 12.3 Å². The third kappa shape index (κ3) is 6.87. The Bertz CT molecular complexity index is 5680. The number of para-hydroxylation sites is 5. The number of aromatic nitrogens is 5. The number of rotatable bonds is 7. The molecule has 0 N–H and O–H groups in total. The lowest BCUT2D eigenvalue weighted by Crippen LogP contribution is -1.94. The molecule has 386 valence electrons. The van der Waals surface area contributed by atoms with E-state index < -0.39 is 0 Å². The van der Waals surface area contributed by atoms with Crippen LogP contribution in [0.15, 0.2) is 290 Å². The normalized spacial score (nSPS) is 12.1. The summed E-state index contributed by atoms with van der Waals surface area (Å²) < 4.78 is 16.1. The highest BCUT2D eigenvalue weighted by atomic mass is 16.3. The molecule has 0 unspecified atom stereocenters. The molecule has 6 aromatic heterocycles. The van der Waals surface area contributed by atoms with E-state index in [1.54, 1.807) is 0 Å². The molecule has 18 rings (SSSR count). The number of hydrogen-bond acceptors (Lipinski definition) is 2. The molecular formula is C77H47N5O. The fraction of sp³-hybridized carbons (Fsp3) is 0. The number of benzene rings is 12. The van der Waals surface area contributed by atoms with Crippen LogP contribution in [0.2, 0.25) is 0 Å². The Labute approximate surface area is 475 Å². The second-order valence-electron chi connectivity index (χ2n) is 21.9. The van der Waals surface area contributed by atoms with E-state index in [0.717, 1.165) is 88.8 Å². The highest BCUT2D eigenvalue weighted by Gasteiger charge is 2.20. The smallest absolute Gasteiger partial charge is 0.136 e. The lowest BCUT2D eigenvalue weighted by atomic mass is 10.0. The summed E-state index contributed by atoms with van der Waals surface area (Å²) in [5.41, 5.74) is 23.4. The molecule has 0 spiro atoms. The van der Waals surface area contributed by atoms with E-state index in [1.165, 1.54) is 76.6 Å². The van der Waals surface area contributed by atoms with Gasteiger partial charge in [0.15, 0.2) is 0 Å². The zero-order valence-electron chi connectivity index (χ0n) is 44.8. The second-order valence-corrected chi connectivity index (χ2v) is 21.9. The fourth-order valence-corrected chi connectivity index (χ4v) is 13.6. The standard InChI is InChI=1S/C77H47N5O/c1-3-14-54(15-4-1)79-67-21-10-7-18-58(67)62-42-49(28-36-70(62)79)50-30-38-72-64(43-50)60-20-9-12-23-69(60)82(72)57-34-40-75-65(47-57)61-35-27-53(46-76(61)83-75)48-25-32-56(33-26-48)81-73-39-31-52(45-66(73)77-74(81)24-13-41-78-77)51-29-37-71-63(44-51)59-19-8-11-22-68(59)80(71)55-16-5-2-6-17-55/h1-47H. The van der Waals surface area contributed by atoms with Gasteiger partial charge in [0.05, 0.1) is 49.7 Å². The molecule has 12 aromatic carbocycles. The van der Waals surface area contributed by atoms with E-state index >= 15 is 0 Å². The van der Waals surface area contributed by atoms with Crippen molar-refractivity contribution in [2.24, 2.45) is 0 Å². The van der Waals surface area contributed by atoms with Gasteiger partial charge in [0.25, 0.3) is 0 Å². The minimum atomic E-state index is 0.861. The SMILES string of the molecule is c1ccc(-n2c3ccccc3c3cc(-c4ccc5c(c4)c4ccccc4n5-c4ccc5oc6cc(-c7ccc(-n8c9ccc(-c%10ccc%11c(c%10)c%10ccccc%10n%11-c%10ccccc%10)cc9c9ncccc98)cc7)ccc6c5c4)ccc32)cc1. The van der Waals surface area contributed by atoms with Crippen molar-refractivity contribution in [1.29, 1.82) is 0 Å². The maximum absolute atomic E-state index is 6.67. The first kappa shape index (κ1) is 45.6. The number of fused-ring (bicyclic) bond motifs is 15. The van der Waals surface area contributed by atoms with Crippen LogP contribution in [0, 0.1) is 0 Å². The summed E-state index contributed by atoms with van der Waals surface area (Å²) in [7, 11) is 0. The molecule has 0 aliphatic heterocycles. The zero-order chi connectivity index (χ0) is 54.3. The number of pyridine rings is 1. The molecule has 0 saturated carbocycles. The minimum absolute atomic E-state index is 0.861. The molecule has 0 fully saturated rings. The quantitative estimate of drug-likeness (QED) is 0.160. The molecule has 0 saturated heterocycles. The Morgan fingerprint density at radius 2 is 0.602 bits per heavy atom. The fourth-order valence-electron chi connectivity index (χ4n) is 13.6. The predicted molar refractivity (Wildman–Crippen MR) is 345 cm³/mol. The molecular weight excluding hydrogens is 1010 g/mol. The lowest BCUT2D eigenvalue weighted by molar-refractivity contribution is 0.669. The van der Waals surface area contributed by atoms with Crippen molar-refractivity contribution < 1.29 is 4.42 Å². The summed E-state index contributed by atoms with van der Waals surface area (Å²) >= 11 is 0. The third-order valence-corrected chi connectivity index (χ3v) is 17.4. The topological polar surface area (TPSA) is 45.8 Å². The van der Waals surface area contributed by atoms with Crippen molar-refractivity contribution in [1.82, 2.24) is 23.3 Å². The van der Waals surface area contributed by atoms with Gasteiger partial charge in [0.1, 0.15) is 11.2 Å². The summed E-state index contributed by atoms with van der Waals surface area (Å²) in [4.78, 5) is 4.98. The molecule has 0 amide bonds. The minimum Gasteiger partial charge on any atom is -0.456 e. The molecule has 18 aromatic rings. The van der Waals surface area contributed by atoms with Gasteiger partial charge >= 0.3 is 0 Å². The Kier molecular flexibility index (Phi) is 9.70. The first-order valence-electron chi connectivity index (χ1n) is 28.3. The summed E-state index contributed by atoms with van der Waals surface area (Å²) in [5, 5.41) is 10.7. The molecule has 0 aliphatic carbocycles. The molecule has 0 atom stereocenters. The van der Waals surface area contributed by atoms with Gasteiger partial charge in [-0.3, -0.25) is 4.98 Å². The second kappa shape index (κ2) is 17.6. The van der Waals surface area contributed by atoms with Crippen LogP contribution in [-0.4, -0.2) is 23.3 Å². The van der Waals surface area contributed by atoms with Crippen molar-refractivity contribution >= 4 is 109 Å². The highest BCUT2D eigenvalue weighted by molar-refractivity contribution is 6.15. The van der Waals surface area contributed by atoms with E-state index in [9.17, 15) is 0 Å². The maximum atomic E-state index is 6.67. The van der Waals surface area contributed by atoms with E-state index in [4.69, 9.17) is 9.40 Å². The van der Waals surface area contributed by atoms with Gasteiger partial charge in [0.2, 0.25) is 0 Å². The van der Waals surface area contributed by atoms with Crippen molar-refractivity contribution in [2.45, 2.75) is 0 Å². The van der Waals surface area contributed by atoms with Gasteiger partial charge in [-0.05, 0) is 179 Å². The van der Waals surface area contributed by atoms with Crippen LogP contribution in [0.4, 0.5) is 0 Å². The van der Waals surface area contributed by atoms with Crippen LogP contribution < -0.4 is 0 Å². The van der Waals surface area contributed by atoms with Crippen LogP contribution in [0.1, 0.15) is 0 Å². The van der Waals surface area contributed by atoms with Crippen molar-refractivity contribution in [3.63, 3.8) is 0 Å². The molecule has 83 heavy (non-hydrogen) atoms. The molecule has 0 aliphatic rings. The highest BCUT2D eigenvalue weighted by Crippen LogP contribution is 2.42. The Hall–Kier alpha value is -11.2. The molecule has 6 heterocycles. The van der Waals surface area contributed by atoms with Gasteiger partial charge in [-0.15, -0.1) is 0 Å². The average Bonchev–Trinajstić information content (AvgIpc) is 4.06. The van der Waals surface area contributed by atoms with E-state index in [0.29, 0.717) is 0 Å². The van der Waals surface area contributed by atoms with Crippen molar-refractivity contribution in [3.05, 3.63) is 285 Å². The van der Waals surface area contributed by atoms with Gasteiger partial charge < -0.3 is 22.7 Å². The first-order valence-corrected chi connectivity index (χ1v) is 28.3. The average molecular weight is 1060 g/mol. The zero-order valence-corrected chi connectivity index (χ0v) is 44.8. The maximum Gasteiger partial charge on any atom is 0.136 e. The van der Waals surface area contributed by atoms with Gasteiger partial charge in [-0.1, -0.05) is 133 Å². The van der Waals surface area contributed by atoms with Gasteiger partial charge in [-0.2, -0.15) is 0 Å². The Balaban J connectivity index is 0.672. The monoisotopic (exact) mass is 1060 g/mol. The molecule has 0 bridgehead atoms. The molecule has 6 nitrogen and oxygen atoms in total. The number of furan rings is 1. The summed E-state index contributed by atoms with van der Waals surface area (Å²) in [6, 6.07) is 101. The Morgan fingerprint density at radius 1 is 0.217 bits per heavy atom. The lowest BCUT2D eigenvalue weighted by Gasteiger charge is -2.10. The van der Waals surface area contributed by atoms with E-state index in [2.05, 4.69) is 291 Å². The van der Waals surface area contributed by atoms with E-state index in [-0.39, 0.29) is 0 Å². The summed E-state index contributed by atoms with van der Waals surface area (Å²) in [5.74, 6) is 0. The molecule has 0 radical (unpaired) electrons. The van der Waals surface area contributed by atoms with Crippen LogP contribution in [-0.2, 0) is 0 Å². The number of hydrogen-bond donors (Lipinski definition) is 0. The predicted octanol–water partition coefficient (Wildman–Crippen LogP) is 20.4. The Morgan fingerprint density at radius 3 is 1.14 bits per heavy atom.